The Bertz CT molecular complexity index is 460. The number of carbonyl (C=O) groups is 1. The smallest absolute Gasteiger partial charge is 0.325 e. The number of nitrogens with zero attached hydrogens (tertiary/aromatic N) is 3. The molecule has 0 spiro atoms. The van der Waals surface area contributed by atoms with E-state index in [0.717, 1.165) is 10.6 Å². The summed E-state index contributed by atoms with van der Waals surface area (Å²) >= 11 is 0. The van der Waals surface area contributed by atoms with Gasteiger partial charge < -0.3 is 4.90 Å². The number of halogens is 3. The van der Waals surface area contributed by atoms with Crippen molar-refractivity contribution in [1.29, 1.82) is 0 Å². The van der Waals surface area contributed by atoms with Crippen LogP contribution in [0.5, 0.6) is 0 Å². The third-order valence-corrected chi connectivity index (χ3v) is 3.40. The topological polar surface area (TPSA) is 38.1 Å². The molecule has 1 unspecified atom stereocenters. The van der Waals surface area contributed by atoms with Crippen molar-refractivity contribution < 1.29 is 18.0 Å². The number of aryl methyl sites for hydroxylation is 2. The molecule has 1 rings (SSSR count). The van der Waals surface area contributed by atoms with E-state index in [9.17, 15) is 18.0 Å². The summed E-state index contributed by atoms with van der Waals surface area (Å²) in [6.45, 7) is 5.66. The summed E-state index contributed by atoms with van der Waals surface area (Å²) in [5.41, 5.74) is 0.763. The van der Waals surface area contributed by atoms with Gasteiger partial charge in [-0.15, -0.1) is 0 Å². The predicted molar refractivity (Wildman–Crippen MR) is 69.3 cm³/mol. The van der Waals surface area contributed by atoms with Crippen LogP contribution in [0.3, 0.4) is 0 Å². The average Bonchev–Trinajstić information content (AvgIpc) is 2.63. The first-order valence-corrected chi connectivity index (χ1v) is 6.41. The van der Waals surface area contributed by atoms with E-state index >= 15 is 0 Å². The van der Waals surface area contributed by atoms with Gasteiger partial charge in [0.15, 0.2) is 5.69 Å². The van der Waals surface area contributed by atoms with Gasteiger partial charge in [-0.05, 0) is 25.8 Å². The van der Waals surface area contributed by atoms with E-state index in [0.29, 0.717) is 0 Å². The fraction of sp³-hybridized carbons (Fsp3) is 0.692. The lowest BCUT2D eigenvalue weighted by Crippen LogP contribution is -2.46. The molecule has 0 bridgehead atoms. The number of alkyl halides is 3. The summed E-state index contributed by atoms with van der Waals surface area (Å²) in [6.07, 6.45) is -4.43. The Balaban J connectivity index is 3.06. The lowest BCUT2D eigenvalue weighted by atomic mass is 10.0. The maximum Gasteiger partial charge on any atom is 0.406 e. The standard InChI is InChI=1S/C13H20F3N3O/c1-8(2)10(4)19(7-13(14,15)16)12(20)11-6-9(3)18(5)17-11/h6,8,10H,7H2,1-5H3. The number of hydrogen-bond donors (Lipinski definition) is 0. The van der Waals surface area contributed by atoms with Gasteiger partial charge in [0.05, 0.1) is 0 Å². The quantitative estimate of drug-likeness (QED) is 0.855. The molecule has 1 heterocycles. The van der Waals surface area contributed by atoms with Gasteiger partial charge in [-0.3, -0.25) is 9.48 Å². The van der Waals surface area contributed by atoms with Crippen molar-refractivity contribution in [1.82, 2.24) is 14.7 Å². The summed E-state index contributed by atoms with van der Waals surface area (Å²) in [5, 5.41) is 3.96. The third-order valence-electron chi connectivity index (χ3n) is 3.40. The molecule has 1 amide bonds. The highest BCUT2D eigenvalue weighted by Crippen LogP contribution is 2.22. The van der Waals surface area contributed by atoms with Crippen molar-refractivity contribution in [3.05, 3.63) is 17.5 Å². The Morgan fingerprint density at radius 3 is 2.30 bits per heavy atom. The van der Waals surface area contributed by atoms with Crippen LogP contribution in [-0.2, 0) is 7.05 Å². The van der Waals surface area contributed by atoms with Crippen LogP contribution >= 0.6 is 0 Å². The number of amides is 1. The van der Waals surface area contributed by atoms with Crippen molar-refractivity contribution in [3.63, 3.8) is 0 Å². The molecule has 0 radical (unpaired) electrons. The highest BCUT2D eigenvalue weighted by molar-refractivity contribution is 5.92. The van der Waals surface area contributed by atoms with Gasteiger partial charge in [0.2, 0.25) is 0 Å². The number of aromatic nitrogens is 2. The molecular weight excluding hydrogens is 271 g/mol. The molecule has 0 fully saturated rings. The second-order valence-corrected chi connectivity index (χ2v) is 5.33. The summed E-state index contributed by atoms with van der Waals surface area (Å²) < 4.78 is 39.5. The molecule has 1 aromatic heterocycles. The normalized spacial score (nSPS) is 13.7. The fourth-order valence-electron chi connectivity index (χ4n) is 1.77. The highest BCUT2D eigenvalue weighted by Gasteiger charge is 2.37. The second kappa shape index (κ2) is 5.85. The van der Waals surface area contributed by atoms with Gasteiger partial charge in [-0.2, -0.15) is 18.3 Å². The molecule has 4 nitrogen and oxygen atoms in total. The van der Waals surface area contributed by atoms with E-state index in [4.69, 9.17) is 0 Å². The van der Waals surface area contributed by atoms with Gasteiger partial charge in [0, 0.05) is 18.8 Å². The largest absolute Gasteiger partial charge is 0.406 e. The Kier molecular flexibility index (Phi) is 4.83. The van der Waals surface area contributed by atoms with E-state index in [1.165, 1.54) is 10.7 Å². The summed E-state index contributed by atoms with van der Waals surface area (Å²) in [5.74, 6) is -0.765. The fourth-order valence-corrected chi connectivity index (χ4v) is 1.77. The Morgan fingerprint density at radius 1 is 1.40 bits per heavy atom. The molecular formula is C13H20F3N3O. The maximum atomic E-state index is 12.7. The molecule has 114 valence electrons. The van der Waals surface area contributed by atoms with Crippen LogP contribution < -0.4 is 0 Å². The Hall–Kier alpha value is -1.53. The van der Waals surface area contributed by atoms with Crippen molar-refractivity contribution in [2.24, 2.45) is 13.0 Å². The molecule has 0 saturated heterocycles. The van der Waals surface area contributed by atoms with Gasteiger partial charge in [-0.25, -0.2) is 0 Å². The van der Waals surface area contributed by atoms with Crippen LogP contribution in [0, 0.1) is 12.8 Å². The first kappa shape index (κ1) is 16.5. The molecule has 20 heavy (non-hydrogen) atoms. The monoisotopic (exact) mass is 291 g/mol. The zero-order valence-electron chi connectivity index (χ0n) is 12.3. The zero-order valence-corrected chi connectivity index (χ0v) is 12.3. The number of hydrogen-bond acceptors (Lipinski definition) is 2. The van der Waals surface area contributed by atoms with E-state index in [1.54, 1.807) is 34.7 Å². The predicted octanol–water partition coefficient (Wildman–Crippen LogP) is 2.78. The van der Waals surface area contributed by atoms with Crippen molar-refractivity contribution in [3.8, 4) is 0 Å². The maximum absolute atomic E-state index is 12.7. The average molecular weight is 291 g/mol. The first-order valence-electron chi connectivity index (χ1n) is 6.41. The molecule has 7 heteroatoms. The molecule has 1 aromatic rings. The summed E-state index contributed by atoms with van der Waals surface area (Å²) in [7, 11) is 1.64. The zero-order chi connectivity index (χ0) is 15.7. The minimum atomic E-state index is -4.43. The molecule has 0 aliphatic heterocycles. The third kappa shape index (κ3) is 3.98. The van der Waals surface area contributed by atoms with Crippen LogP contribution in [0.1, 0.15) is 37.0 Å². The van der Waals surface area contributed by atoms with Gasteiger partial charge in [0.25, 0.3) is 5.91 Å². The molecule has 0 aliphatic carbocycles. The lowest BCUT2D eigenvalue weighted by Gasteiger charge is -2.32. The molecule has 0 aromatic carbocycles. The molecule has 1 atom stereocenters. The van der Waals surface area contributed by atoms with E-state index in [1.807, 2.05) is 0 Å². The van der Waals surface area contributed by atoms with E-state index < -0.39 is 24.7 Å². The van der Waals surface area contributed by atoms with Crippen molar-refractivity contribution in [2.45, 2.75) is 39.9 Å². The van der Waals surface area contributed by atoms with Gasteiger partial charge >= 0.3 is 6.18 Å². The van der Waals surface area contributed by atoms with Gasteiger partial charge in [0.1, 0.15) is 6.54 Å². The minimum Gasteiger partial charge on any atom is -0.325 e. The summed E-state index contributed by atoms with van der Waals surface area (Å²) in [6, 6.07) is 0.977. The van der Waals surface area contributed by atoms with Crippen LogP contribution in [0.2, 0.25) is 0 Å². The van der Waals surface area contributed by atoms with E-state index in [-0.39, 0.29) is 11.6 Å². The molecule has 0 aliphatic rings. The van der Waals surface area contributed by atoms with E-state index in [2.05, 4.69) is 5.10 Å². The number of rotatable bonds is 4. The molecule has 0 N–H and O–H groups in total. The Labute approximate surface area is 116 Å². The van der Waals surface area contributed by atoms with Crippen molar-refractivity contribution in [2.75, 3.05) is 6.54 Å². The van der Waals surface area contributed by atoms with Crippen molar-refractivity contribution >= 4 is 5.91 Å². The minimum absolute atomic E-state index is 0.0433. The first-order chi connectivity index (χ1) is 9.03. The Morgan fingerprint density at radius 2 is 1.95 bits per heavy atom. The van der Waals surface area contributed by atoms with Crippen LogP contribution in [0.4, 0.5) is 13.2 Å². The van der Waals surface area contributed by atoms with Crippen LogP contribution in [-0.4, -0.2) is 39.4 Å². The highest BCUT2D eigenvalue weighted by atomic mass is 19.4. The lowest BCUT2D eigenvalue weighted by molar-refractivity contribution is -0.145. The number of carbonyl (C=O) groups excluding carboxylic acids is 1. The van der Waals surface area contributed by atoms with Crippen LogP contribution in [0.15, 0.2) is 6.07 Å². The molecule has 0 saturated carbocycles. The van der Waals surface area contributed by atoms with Gasteiger partial charge in [-0.1, -0.05) is 13.8 Å². The SMILES string of the molecule is Cc1cc(C(=O)N(CC(F)(F)F)C(C)C(C)C)nn1C. The second-order valence-electron chi connectivity index (χ2n) is 5.33. The van der Waals surface area contributed by atoms with Crippen LogP contribution in [0.25, 0.3) is 0 Å². The summed E-state index contributed by atoms with van der Waals surface area (Å²) in [4.78, 5) is 13.1.